The molecule has 5 nitrogen and oxygen atoms in total. The second kappa shape index (κ2) is 8.35. The first-order chi connectivity index (χ1) is 11.7. The number of aromatic nitrogens is 2. The standard InChI is InChI=1S/C18H24N4OS/c1-22-11-9-21-18(22)24-12-10-20-17(23)15-6-4-14(5-7-15)16-3-2-8-19-13-16/h4-7,9,11,16,19H,2-3,8,10,12-13H2,1H3,(H,20,23)/t16-/m1/s1. The fourth-order valence-corrected chi connectivity index (χ4v) is 3.73. The molecule has 1 aliphatic rings. The fourth-order valence-electron chi connectivity index (χ4n) is 2.94. The summed E-state index contributed by atoms with van der Waals surface area (Å²) in [6.07, 6.45) is 6.15. The van der Waals surface area contributed by atoms with Crippen LogP contribution >= 0.6 is 11.8 Å². The van der Waals surface area contributed by atoms with Crippen molar-refractivity contribution in [1.82, 2.24) is 20.2 Å². The van der Waals surface area contributed by atoms with Gasteiger partial charge in [0.1, 0.15) is 0 Å². The quantitative estimate of drug-likeness (QED) is 0.624. The number of amides is 1. The first-order valence-electron chi connectivity index (χ1n) is 8.43. The van der Waals surface area contributed by atoms with Gasteiger partial charge in [0, 0.05) is 43.8 Å². The highest BCUT2D eigenvalue weighted by molar-refractivity contribution is 7.99. The van der Waals surface area contributed by atoms with Crippen LogP contribution in [0.3, 0.4) is 0 Å². The molecule has 0 spiro atoms. The van der Waals surface area contributed by atoms with Crippen molar-refractivity contribution in [3.63, 3.8) is 0 Å². The lowest BCUT2D eigenvalue weighted by molar-refractivity contribution is 0.0956. The third-order valence-electron chi connectivity index (χ3n) is 4.34. The zero-order valence-electron chi connectivity index (χ0n) is 14.0. The number of carbonyl (C=O) groups excluding carboxylic acids is 1. The van der Waals surface area contributed by atoms with Crippen molar-refractivity contribution in [3.05, 3.63) is 47.8 Å². The van der Waals surface area contributed by atoms with Gasteiger partial charge in [0.2, 0.25) is 0 Å². The molecule has 2 heterocycles. The maximum absolute atomic E-state index is 12.2. The summed E-state index contributed by atoms with van der Waals surface area (Å²) >= 11 is 1.64. The van der Waals surface area contributed by atoms with Crippen LogP contribution in [-0.4, -0.2) is 40.8 Å². The summed E-state index contributed by atoms with van der Waals surface area (Å²) in [5.41, 5.74) is 2.05. The molecule has 6 heteroatoms. The highest BCUT2D eigenvalue weighted by Gasteiger charge is 2.15. The number of benzene rings is 1. The number of nitrogens with one attached hydrogen (secondary N) is 2. The molecule has 1 aliphatic heterocycles. The minimum Gasteiger partial charge on any atom is -0.351 e. The second-order valence-electron chi connectivity index (χ2n) is 6.09. The maximum Gasteiger partial charge on any atom is 0.251 e. The molecule has 0 bridgehead atoms. The van der Waals surface area contributed by atoms with E-state index in [2.05, 4.69) is 27.8 Å². The zero-order chi connectivity index (χ0) is 16.8. The number of hydrogen-bond donors (Lipinski definition) is 2. The average Bonchev–Trinajstić information content (AvgIpc) is 3.04. The summed E-state index contributed by atoms with van der Waals surface area (Å²) in [6, 6.07) is 8.06. The summed E-state index contributed by atoms with van der Waals surface area (Å²) in [6.45, 7) is 2.79. The Morgan fingerprint density at radius 2 is 2.25 bits per heavy atom. The van der Waals surface area contributed by atoms with Gasteiger partial charge in [-0.3, -0.25) is 4.79 Å². The van der Waals surface area contributed by atoms with E-state index in [0.29, 0.717) is 12.5 Å². The van der Waals surface area contributed by atoms with E-state index in [1.165, 1.54) is 18.4 Å². The molecule has 1 fully saturated rings. The summed E-state index contributed by atoms with van der Waals surface area (Å²) in [4.78, 5) is 16.5. The van der Waals surface area contributed by atoms with Crippen molar-refractivity contribution in [2.24, 2.45) is 7.05 Å². The van der Waals surface area contributed by atoms with E-state index < -0.39 is 0 Å². The molecule has 1 amide bonds. The number of rotatable bonds is 6. The first kappa shape index (κ1) is 17.0. The van der Waals surface area contributed by atoms with Gasteiger partial charge in [-0.2, -0.15) is 0 Å². The van der Waals surface area contributed by atoms with Crippen LogP contribution < -0.4 is 10.6 Å². The lowest BCUT2D eigenvalue weighted by Gasteiger charge is -2.23. The zero-order valence-corrected chi connectivity index (χ0v) is 14.8. The smallest absolute Gasteiger partial charge is 0.251 e. The van der Waals surface area contributed by atoms with Crippen molar-refractivity contribution in [3.8, 4) is 0 Å². The Morgan fingerprint density at radius 1 is 1.42 bits per heavy atom. The number of hydrogen-bond acceptors (Lipinski definition) is 4. The fraction of sp³-hybridized carbons (Fsp3) is 0.444. The predicted molar refractivity (Wildman–Crippen MR) is 97.6 cm³/mol. The van der Waals surface area contributed by atoms with Crippen LogP contribution in [0.25, 0.3) is 0 Å². The Bertz CT molecular complexity index is 662. The van der Waals surface area contributed by atoms with E-state index >= 15 is 0 Å². The number of aryl methyl sites for hydroxylation is 1. The van der Waals surface area contributed by atoms with Crippen molar-refractivity contribution in [2.45, 2.75) is 23.9 Å². The van der Waals surface area contributed by atoms with Gasteiger partial charge in [-0.25, -0.2) is 4.98 Å². The molecule has 0 saturated carbocycles. The Balaban J connectivity index is 1.45. The Morgan fingerprint density at radius 3 is 2.92 bits per heavy atom. The molecule has 2 N–H and O–H groups in total. The SMILES string of the molecule is Cn1ccnc1SCCNC(=O)c1ccc([C@@H]2CCCNC2)cc1. The molecular weight excluding hydrogens is 320 g/mol. The number of nitrogens with zero attached hydrogens (tertiary/aromatic N) is 2. The van der Waals surface area contributed by atoms with Gasteiger partial charge >= 0.3 is 0 Å². The molecule has 1 aromatic heterocycles. The van der Waals surface area contributed by atoms with Crippen LogP contribution in [0.4, 0.5) is 0 Å². The summed E-state index contributed by atoms with van der Waals surface area (Å²) < 4.78 is 1.98. The van der Waals surface area contributed by atoms with Crippen LogP contribution in [0.5, 0.6) is 0 Å². The van der Waals surface area contributed by atoms with Crippen molar-refractivity contribution < 1.29 is 4.79 Å². The maximum atomic E-state index is 12.2. The van der Waals surface area contributed by atoms with Crippen molar-refractivity contribution in [2.75, 3.05) is 25.4 Å². The van der Waals surface area contributed by atoms with E-state index in [-0.39, 0.29) is 5.91 Å². The van der Waals surface area contributed by atoms with Crippen molar-refractivity contribution in [1.29, 1.82) is 0 Å². The van der Waals surface area contributed by atoms with E-state index in [1.807, 2.05) is 29.9 Å². The predicted octanol–water partition coefficient (Wildman–Crippen LogP) is 2.41. The molecule has 24 heavy (non-hydrogen) atoms. The van der Waals surface area contributed by atoms with E-state index in [0.717, 1.165) is 29.6 Å². The molecule has 2 aromatic rings. The van der Waals surface area contributed by atoms with Gasteiger partial charge < -0.3 is 15.2 Å². The topological polar surface area (TPSA) is 59.0 Å². The van der Waals surface area contributed by atoms with E-state index in [9.17, 15) is 4.79 Å². The summed E-state index contributed by atoms with van der Waals surface area (Å²) in [5.74, 6) is 1.37. The summed E-state index contributed by atoms with van der Waals surface area (Å²) in [5, 5.41) is 7.37. The van der Waals surface area contributed by atoms with Crippen LogP contribution in [0.2, 0.25) is 0 Å². The number of thioether (sulfide) groups is 1. The molecular formula is C18H24N4OS. The second-order valence-corrected chi connectivity index (χ2v) is 7.15. The van der Waals surface area contributed by atoms with Crippen LogP contribution in [-0.2, 0) is 7.05 Å². The Labute approximate surface area is 147 Å². The highest BCUT2D eigenvalue weighted by Crippen LogP contribution is 2.23. The Kier molecular flexibility index (Phi) is 5.93. The van der Waals surface area contributed by atoms with Crippen molar-refractivity contribution >= 4 is 17.7 Å². The van der Waals surface area contributed by atoms with Gasteiger partial charge in [0.25, 0.3) is 5.91 Å². The molecule has 128 valence electrons. The summed E-state index contributed by atoms with van der Waals surface area (Å²) in [7, 11) is 1.97. The number of piperidine rings is 1. The monoisotopic (exact) mass is 344 g/mol. The van der Waals surface area contributed by atoms with E-state index in [1.54, 1.807) is 18.0 Å². The van der Waals surface area contributed by atoms with E-state index in [4.69, 9.17) is 0 Å². The van der Waals surface area contributed by atoms with Gasteiger partial charge in [-0.1, -0.05) is 23.9 Å². The minimum atomic E-state index is -0.0104. The third-order valence-corrected chi connectivity index (χ3v) is 5.40. The number of carbonyl (C=O) groups is 1. The highest BCUT2D eigenvalue weighted by atomic mass is 32.2. The minimum absolute atomic E-state index is 0.0104. The molecule has 0 aliphatic carbocycles. The lowest BCUT2D eigenvalue weighted by Crippen LogP contribution is -2.28. The van der Waals surface area contributed by atoms with Gasteiger partial charge in [-0.05, 0) is 43.0 Å². The molecule has 1 aromatic carbocycles. The van der Waals surface area contributed by atoms with Crippen LogP contribution in [0.1, 0.15) is 34.7 Å². The van der Waals surface area contributed by atoms with Gasteiger partial charge in [-0.15, -0.1) is 0 Å². The normalized spacial score (nSPS) is 17.6. The van der Waals surface area contributed by atoms with Gasteiger partial charge in [0.05, 0.1) is 0 Å². The Hall–Kier alpha value is -1.79. The third kappa shape index (κ3) is 4.39. The average molecular weight is 344 g/mol. The molecule has 0 radical (unpaired) electrons. The van der Waals surface area contributed by atoms with Crippen LogP contribution in [0, 0.1) is 0 Å². The molecule has 3 rings (SSSR count). The van der Waals surface area contributed by atoms with Gasteiger partial charge in [0.15, 0.2) is 5.16 Å². The molecule has 1 saturated heterocycles. The first-order valence-corrected chi connectivity index (χ1v) is 9.41. The number of imidazole rings is 1. The van der Waals surface area contributed by atoms with Crippen LogP contribution in [0.15, 0.2) is 41.8 Å². The largest absolute Gasteiger partial charge is 0.351 e. The molecule has 0 unspecified atom stereocenters. The molecule has 1 atom stereocenters. The lowest BCUT2D eigenvalue weighted by atomic mass is 9.91.